The molecule has 5 nitrogen and oxygen atoms in total. The number of nitrogens with one attached hydrogen (secondary N) is 1. The summed E-state index contributed by atoms with van der Waals surface area (Å²) in [5.74, 6) is -0.163. The van der Waals surface area contributed by atoms with Crippen molar-refractivity contribution in [2.45, 2.75) is 13.0 Å². The van der Waals surface area contributed by atoms with Gasteiger partial charge in [0.1, 0.15) is 0 Å². The first-order chi connectivity index (χ1) is 6.20. The third-order valence-electron chi connectivity index (χ3n) is 1.22. The average Bonchev–Trinajstić information content (AvgIpc) is 2.55. The first-order valence-corrected chi connectivity index (χ1v) is 3.83. The van der Waals surface area contributed by atoms with Crippen LogP contribution in [0.3, 0.4) is 0 Å². The minimum absolute atomic E-state index is 0.183. The highest BCUT2D eigenvalue weighted by molar-refractivity contribution is 5.91. The molecule has 5 heteroatoms. The van der Waals surface area contributed by atoms with Crippen LogP contribution >= 0.6 is 0 Å². The molecule has 0 aliphatic carbocycles. The van der Waals surface area contributed by atoms with Crippen LogP contribution < -0.4 is 11.2 Å². The topological polar surface area (TPSA) is 80.6 Å². The fourth-order valence-electron chi connectivity index (χ4n) is 0.676. The van der Waals surface area contributed by atoms with Gasteiger partial charge in [0, 0.05) is 12.3 Å². The highest BCUT2D eigenvalue weighted by atomic mass is 16.3. The summed E-state index contributed by atoms with van der Waals surface area (Å²) in [4.78, 5) is 11.1. The van der Waals surface area contributed by atoms with E-state index in [1.54, 1.807) is 19.1 Å². The number of carbonyl (C=O) groups excluding carboxylic acids is 1. The number of carbonyl (C=O) groups is 1. The van der Waals surface area contributed by atoms with Crippen molar-refractivity contribution in [1.29, 1.82) is 0 Å². The molecule has 1 amide bonds. The van der Waals surface area contributed by atoms with E-state index in [2.05, 4.69) is 10.5 Å². The lowest BCUT2D eigenvalue weighted by atomic mass is 10.4. The fraction of sp³-hybridized carbons (Fsp3) is 0.250. The lowest BCUT2D eigenvalue weighted by Gasteiger charge is -1.96. The second-order valence-electron chi connectivity index (χ2n) is 2.56. The van der Waals surface area contributed by atoms with Crippen LogP contribution in [0.15, 0.2) is 27.9 Å². The Morgan fingerprint density at radius 3 is 3.15 bits per heavy atom. The molecule has 1 atom stereocenters. The summed E-state index contributed by atoms with van der Waals surface area (Å²) >= 11 is 0. The summed E-state index contributed by atoms with van der Waals surface area (Å²) in [6, 6.07) is 3.00. The third kappa shape index (κ3) is 3.08. The van der Waals surface area contributed by atoms with Gasteiger partial charge in [-0.25, -0.2) is 5.43 Å². The SMILES string of the molecule is CC(N)/C=N/NC(=O)c1ccco1. The van der Waals surface area contributed by atoms with Crippen molar-refractivity contribution in [2.24, 2.45) is 10.8 Å². The van der Waals surface area contributed by atoms with Crippen LogP contribution in [-0.4, -0.2) is 18.2 Å². The number of hydrogen-bond acceptors (Lipinski definition) is 4. The molecule has 1 unspecified atom stereocenters. The zero-order valence-corrected chi connectivity index (χ0v) is 7.23. The highest BCUT2D eigenvalue weighted by Crippen LogP contribution is 1.98. The number of hydrogen-bond donors (Lipinski definition) is 2. The minimum Gasteiger partial charge on any atom is -0.459 e. The molecule has 0 saturated heterocycles. The van der Waals surface area contributed by atoms with E-state index >= 15 is 0 Å². The van der Waals surface area contributed by atoms with Crippen LogP contribution in [0.25, 0.3) is 0 Å². The Bertz CT molecular complexity index is 290. The number of rotatable bonds is 3. The molecule has 0 bridgehead atoms. The smallest absolute Gasteiger partial charge is 0.307 e. The molecule has 1 rings (SSSR count). The molecule has 0 aliphatic heterocycles. The Balaban J connectivity index is 2.43. The van der Waals surface area contributed by atoms with Gasteiger partial charge in [-0.05, 0) is 19.1 Å². The third-order valence-corrected chi connectivity index (χ3v) is 1.22. The van der Waals surface area contributed by atoms with Gasteiger partial charge in [-0.2, -0.15) is 5.10 Å². The predicted octanol–water partition coefficient (Wildman–Crippen LogP) is 0.342. The Morgan fingerprint density at radius 2 is 2.62 bits per heavy atom. The van der Waals surface area contributed by atoms with E-state index in [9.17, 15) is 4.79 Å². The first kappa shape index (κ1) is 9.47. The molecule has 0 spiro atoms. The molecule has 0 aliphatic rings. The summed E-state index contributed by atoms with van der Waals surface area (Å²) in [7, 11) is 0. The van der Waals surface area contributed by atoms with Crippen LogP contribution in [0.2, 0.25) is 0 Å². The van der Waals surface area contributed by atoms with Crippen LogP contribution in [0.4, 0.5) is 0 Å². The van der Waals surface area contributed by atoms with Gasteiger partial charge in [-0.3, -0.25) is 4.79 Å². The van der Waals surface area contributed by atoms with E-state index in [0.29, 0.717) is 0 Å². The number of nitrogens with two attached hydrogens (primary N) is 1. The summed E-state index contributed by atoms with van der Waals surface area (Å²) in [5, 5.41) is 3.62. The zero-order chi connectivity index (χ0) is 9.68. The number of nitrogens with zero attached hydrogens (tertiary/aromatic N) is 1. The minimum atomic E-state index is -0.387. The summed E-state index contributed by atoms with van der Waals surface area (Å²) in [5.41, 5.74) is 7.65. The lowest BCUT2D eigenvalue weighted by molar-refractivity contribution is 0.0927. The van der Waals surface area contributed by atoms with Crippen LogP contribution in [0, 0.1) is 0 Å². The van der Waals surface area contributed by atoms with E-state index < -0.39 is 0 Å². The molecule has 70 valence electrons. The molecule has 1 aromatic heterocycles. The maximum Gasteiger partial charge on any atom is 0.307 e. The van der Waals surface area contributed by atoms with Gasteiger partial charge in [-0.15, -0.1) is 0 Å². The Morgan fingerprint density at radius 1 is 1.85 bits per heavy atom. The monoisotopic (exact) mass is 181 g/mol. The molecule has 3 N–H and O–H groups in total. The average molecular weight is 181 g/mol. The Hall–Kier alpha value is -1.62. The van der Waals surface area contributed by atoms with Crippen molar-refractivity contribution in [2.75, 3.05) is 0 Å². The standard InChI is InChI=1S/C8H11N3O2/c1-6(9)5-10-11-8(12)7-3-2-4-13-7/h2-6H,9H2,1H3,(H,11,12)/b10-5+. The highest BCUT2D eigenvalue weighted by Gasteiger charge is 2.05. The Labute approximate surface area is 75.6 Å². The van der Waals surface area contributed by atoms with Gasteiger partial charge in [-0.1, -0.05) is 0 Å². The molecule has 1 heterocycles. The van der Waals surface area contributed by atoms with Gasteiger partial charge in [0.25, 0.3) is 0 Å². The van der Waals surface area contributed by atoms with Gasteiger partial charge >= 0.3 is 5.91 Å². The largest absolute Gasteiger partial charge is 0.459 e. The lowest BCUT2D eigenvalue weighted by Crippen LogP contribution is -2.21. The van der Waals surface area contributed by atoms with Gasteiger partial charge in [0.2, 0.25) is 0 Å². The summed E-state index contributed by atoms with van der Waals surface area (Å²) in [6.45, 7) is 1.75. The molecule has 0 saturated carbocycles. The molecule has 13 heavy (non-hydrogen) atoms. The zero-order valence-electron chi connectivity index (χ0n) is 7.23. The van der Waals surface area contributed by atoms with E-state index in [1.165, 1.54) is 12.5 Å². The maximum atomic E-state index is 11.1. The number of furan rings is 1. The van der Waals surface area contributed by atoms with Crippen LogP contribution in [-0.2, 0) is 0 Å². The van der Waals surface area contributed by atoms with Gasteiger partial charge in [0.15, 0.2) is 5.76 Å². The molecule has 0 fully saturated rings. The summed E-state index contributed by atoms with van der Waals surface area (Å²) in [6.07, 6.45) is 2.85. The normalized spacial score (nSPS) is 13.1. The molecular formula is C8H11N3O2. The predicted molar refractivity (Wildman–Crippen MR) is 48.3 cm³/mol. The number of hydrazone groups is 1. The molecule has 1 aromatic rings. The van der Waals surface area contributed by atoms with Gasteiger partial charge < -0.3 is 10.2 Å². The van der Waals surface area contributed by atoms with Crippen LogP contribution in [0.1, 0.15) is 17.5 Å². The second-order valence-corrected chi connectivity index (χ2v) is 2.56. The van der Waals surface area contributed by atoms with Crippen molar-refractivity contribution in [1.82, 2.24) is 5.43 Å². The fourth-order valence-corrected chi connectivity index (χ4v) is 0.676. The van der Waals surface area contributed by atoms with E-state index in [1.807, 2.05) is 0 Å². The molecular weight excluding hydrogens is 170 g/mol. The van der Waals surface area contributed by atoms with Crippen molar-refractivity contribution in [3.63, 3.8) is 0 Å². The van der Waals surface area contributed by atoms with Crippen molar-refractivity contribution in [3.05, 3.63) is 24.2 Å². The first-order valence-electron chi connectivity index (χ1n) is 3.83. The molecule has 0 radical (unpaired) electrons. The van der Waals surface area contributed by atoms with E-state index in [-0.39, 0.29) is 17.7 Å². The van der Waals surface area contributed by atoms with Crippen LogP contribution in [0.5, 0.6) is 0 Å². The summed E-state index contributed by atoms with van der Waals surface area (Å²) < 4.78 is 4.84. The van der Waals surface area contributed by atoms with Crippen molar-refractivity contribution >= 4 is 12.1 Å². The number of amides is 1. The second kappa shape index (κ2) is 4.42. The quantitative estimate of drug-likeness (QED) is 0.521. The van der Waals surface area contributed by atoms with E-state index in [0.717, 1.165) is 0 Å². The molecule has 0 aromatic carbocycles. The van der Waals surface area contributed by atoms with Crippen molar-refractivity contribution < 1.29 is 9.21 Å². The van der Waals surface area contributed by atoms with Crippen molar-refractivity contribution in [3.8, 4) is 0 Å². The van der Waals surface area contributed by atoms with E-state index in [4.69, 9.17) is 10.2 Å². The Kier molecular flexibility index (Phi) is 3.22. The van der Waals surface area contributed by atoms with Gasteiger partial charge in [0.05, 0.1) is 6.26 Å². The maximum absolute atomic E-state index is 11.1.